The summed E-state index contributed by atoms with van der Waals surface area (Å²) in [6.45, 7) is 5.55. The van der Waals surface area contributed by atoms with Crippen molar-refractivity contribution in [2.75, 3.05) is 19.7 Å². The minimum Gasteiger partial charge on any atom is -0.457 e. The standard InChI is InChI=1S/C25H28N2O4S2/c1-17-15-21(18(2)27(17)12-9-20-5-3-13-32-20)22(28)16-31-25(30)19-7-10-26(11-8-19)24(29)23-6-4-14-33-23/h3-6,13-15,19H,7-12,16H2,1-2H3. The molecule has 0 radical (unpaired) electrons. The van der Waals surface area contributed by atoms with Crippen LogP contribution in [0.15, 0.2) is 41.1 Å². The van der Waals surface area contributed by atoms with Gasteiger partial charge in [-0.15, -0.1) is 22.7 Å². The van der Waals surface area contributed by atoms with E-state index in [4.69, 9.17) is 4.74 Å². The maximum atomic E-state index is 12.8. The van der Waals surface area contributed by atoms with Crippen LogP contribution >= 0.6 is 22.7 Å². The van der Waals surface area contributed by atoms with Crippen molar-refractivity contribution < 1.29 is 19.1 Å². The highest BCUT2D eigenvalue weighted by Gasteiger charge is 2.29. The second-order valence-corrected chi connectivity index (χ2v) is 10.3. The van der Waals surface area contributed by atoms with Crippen LogP contribution in [0.3, 0.4) is 0 Å². The molecule has 3 aromatic rings. The van der Waals surface area contributed by atoms with Gasteiger partial charge in [0.25, 0.3) is 5.91 Å². The number of thiophene rings is 2. The van der Waals surface area contributed by atoms with Gasteiger partial charge in [-0.3, -0.25) is 14.4 Å². The third kappa shape index (κ3) is 5.45. The molecule has 1 amide bonds. The number of nitrogens with zero attached hydrogens (tertiary/aromatic N) is 2. The van der Waals surface area contributed by atoms with E-state index in [0.29, 0.717) is 31.5 Å². The van der Waals surface area contributed by atoms with Crippen molar-refractivity contribution in [3.05, 3.63) is 67.8 Å². The fourth-order valence-corrected chi connectivity index (χ4v) is 5.70. The van der Waals surface area contributed by atoms with Crippen molar-refractivity contribution in [2.45, 2.75) is 39.7 Å². The van der Waals surface area contributed by atoms with Gasteiger partial charge in [0.1, 0.15) is 0 Å². The van der Waals surface area contributed by atoms with Gasteiger partial charge in [0.05, 0.1) is 10.8 Å². The van der Waals surface area contributed by atoms with Crippen molar-refractivity contribution in [2.24, 2.45) is 5.92 Å². The van der Waals surface area contributed by atoms with E-state index in [9.17, 15) is 14.4 Å². The summed E-state index contributed by atoms with van der Waals surface area (Å²) in [5.41, 5.74) is 2.55. The Kier molecular flexibility index (Phi) is 7.45. The second kappa shape index (κ2) is 10.5. The SMILES string of the molecule is Cc1cc(C(=O)COC(=O)C2CCN(C(=O)c3cccs3)CC2)c(C)n1CCc1cccs1. The summed E-state index contributed by atoms with van der Waals surface area (Å²) in [7, 11) is 0. The molecule has 1 aliphatic rings. The van der Waals surface area contributed by atoms with Crippen LogP contribution in [0.25, 0.3) is 0 Å². The van der Waals surface area contributed by atoms with E-state index < -0.39 is 0 Å². The highest BCUT2D eigenvalue weighted by Crippen LogP contribution is 2.23. The first-order valence-electron chi connectivity index (χ1n) is 11.2. The van der Waals surface area contributed by atoms with Gasteiger partial charge in [-0.1, -0.05) is 12.1 Å². The molecular weight excluding hydrogens is 456 g/mol. The van der Waals surface area contributed by atoms with Crippen LogP contribution in [0.1, 0.15) is 49.1 Å². The van der Waals surface area contributed by atoms with E-state index in [1.807, 2.05) is 43.5 Å². The van der Waals surface area contributed by atoms with Crippen molar-refractivity contribution in [3.8, 4) is 0 Å². The van der Waals surface area contributed by atoms with Gasteiger partial charge in [-0.05, 0) is 62.1 Å². The molecule has 0 unspecified atom stereocenters. The number of amides is 1. The summed E-state index contributed by atoms with van der Waals surface area (Å²) >= 11 is 3.16. The predicted octanol–water partition coefficient (Wildman–Crippen LogP) is 4.75. The van der Waals surface area contributed by atoms with E-state index in [1.54, 1.807) is 16.2 Å². The van der Waals surface area contributed by atoms with E-state index in [1.165, 1.54) is 16.2 Å². The number of likely N-dealkylation sites (tertiary alicyclic amines) is 1. The number of piperidine rings is 1. The van der Waals surface area contributed by atoms with Gasteiger partial charge in [-0.25, -0.2) is 0 Å². The number of hydrogen-bond donors (Lipinski definition) is 0. The number of aryl methyl sites for hydroxylation is 2. The second-order valence-electron chi connectivity index (χ2n) is 8.34. The number of rotatable bonds is 8. The first-order chi connectivity index (χ1) is 15.9. The van der Waals surface area contributed by atoms with Crippen LogP contribution in [-0.2, 0) is 22.5 Å². The Morgan fingerprint density at radius 1 is 1.06 bits per heavy atom. The molecule has 0 aromatic carbocycles. The zero-order valence-electron chi connectivity index (χ0n) is 18.9. The van der Waals surface area contributed by atoms with E-state index >= 15 is 0 Å². The van der Waals surface area contributed by atoms with Gasteiger partial charge < -0.3 is 14.2 Å². The Morgan fingerprint density at radius 2 is 1.79 bits per heavy atom. The highest BCUT2D eigenvalue weighted by atomic mass is 32.1. The Morgan fingerprint density at radius 3 is 2.45 bits per heavy atom. The van der Waals surface area contributed by atoms with Gasteiger partial charge in [0.2, 0.25) is 5.78 Å². The van der Waals surface area contributed by atoms with Gasteiger partial charge in [0.15, 0.2) is 6.61 Å². The van der Waals surface area contributed by atoms with Crippen molar-refractivity contribution >= 4 is 40.3 Å². The van der Waals surface area contributed by atoms with E-state index in [0.717, 1.165) is 29.2 Å². The monoisotopic (exact) mass is 484 g/mol. The maximum absolute atomic E-state index is 12.8. The summed E-state index contributed by atoms with van der Waals surface area (Å²) in [5.74, 6) is -0.785. The molecule has 1 saturated heterocycles. The molecule has 0 aliphatic carbocycles. The number of ether oxygens (including phenoxy) is 1. The quantitative estimate of drug-likeness (QED) is 0.342. The van der Waals surface area contributed by atoms with Crippen molar-refractivity contribution in [1.82, 2.24) is 9.47 Å². The van der Waals surface area contributed by atoms with Crippen LogP contribution in [0.2, 0.25) is 0 Å². The van der Waals surface area contributed by atoms with Crippen molar-refractivity contribution in [3.63, 3.8) is 0 Å². The Bertz CT molecular complexity index is 1110. The number of aromatic nitrogens is 1. The molecule has 4 rings (SSSR count). The molecule has 8 heteroatoms. The highest BCUT2D eigenvalue weighted by molar-refractivity contribution is 7.12. The molecule has 6 nitrogen and oxygen atoms in total. The lowest BCUT2D eigenvalue weighted by Gasteiger charge is -2.30. The summed E-state index contributed by atoms with van der Waals surface area (Å²) in [4.78, 5) is 41.6. The van der Waals surface area contributed by atoms with Gasteiger partial charge in [0, 0.05) is 41.5 Å². The number of hydrogen-bond acceptors (Lipinski definition) is 6. The van der Waals surface area contributed by atoms with Gasteiger partial charge >= 0.3 is 5.97 Å². The number of Topliss-reactive ketones (excluding diaryl/α,β-unsaturated/α-hetero) is 1. The largest absolute Gasteiger partial charge is 0.457 e. The van der Waals surface area contributed by atoms with Gasteiger partial charge in [-0.2, -0.15) is 0 Å². The number of esters is 1. The zero-order valence-corrected chi connectivity index (χ0v) is 20.5. The third-order valence-corrected chi connectivity index (χ3v) is 8.02. The molecule has 0 bridgehead atoms. The fourth-order valence-electron chi connectivity index (χ4n) is 4.31. The van der Waals surface area contributed by atoms with Crippen LogP contribution in [0.4, 0.5) is 0 Å². The van der Waals surface area contributed by atoms with Crippen LogP contribution < -0.4 is 0 Å². The molecule has 1 aliphatic heterocycles. The molecule has 0 spiro atoms. The Labute approximate surface area is 201 Å². The summed E-state index contributed by atoms with van der Waals surface area (Å²) in [5, 5.41) is 3.95. The summed E-state index contributed by atoms with van der Waals surface area (Å²) in [6.07, 6.45) is 2.03. The van der Waals surface area contributed by atoms with Crippen LogP contribution in [0, 0.1) is 19.8 Å². The summed E-state index contributed by atoms with van der Waals surface area (Å²) < 4.78 is 7.54. The van der Waals surface area contributed by atoms with E-state index in [2.05, 4.69) is 16.0 Å². The average molecular weight is 485 g/mol. The molecule has 1 fully saturated rings. The lowest BCUT2D eigenvalue weighted by atomic mass is 9.97. The fraction of sp³-hybridized carbons (Fsp3) is 0.400. The molecule has 0 N–H and O–H groups in total. The zero-order chi connectivity index (χ0) is 23.4. The molecule has 0 saturated carbocycles. The minimum absolute atomic E-state index is 0.0152. The number of carbonyl (C=O) groups excluding carboxylic acids is 3. The smallest absolute Gasteiger partial charge is 0.309 e. The molecule has 0 atom stereocenters. The van der Waals surface area contributed by atoms with Crippen LogP contribution in [-0.4, -0.2) is 46.8 Å². The average Bonchev–Trinajstić information content (AvgIpc) is 3.59. The minimum atomic E-state index is -0.349. The normalized spacial score (nSPS) is 14.4. The molecule has 174 valence electrons. The third-order valence-electron chi connectivity index (χ3n) is 6.23. The molecule has 4 heterocycles. The maximum Gasteiger partial charge on any atom is 0.309 e. The Balaban J connectivity index is 1.27. The Hall–Kier alpha value is -2.71. The number of carbonyl (C=O) groups is 3. The molecule has 33 heavy (non-hydrogen) atoms. The topological polar surface area (TPSA) is 68.6 Å². The lowest BCUT2D eigenvalue weighted by molar-refractivity contribution is -0.148. The first kappa shape index (κ1) is 23.4. The van der Waals surface area contributed by atoms with E-state index in [-0.39, 0.29) is 30.2 Å². The number of ketones is 1. The predicted molar refractivity (Wildman–Crippen MR) is 130 cm³/mol. The lowest BCUT2D eigenvalue weighted by Crippen LogP contribution is -2.40. The summed E-state index contributed by atoms with van der Waals surface area (Å²) in [6, 6.07) is 9.73. The van der Waals surface area contributed by atoms with Crippen molar-refractivity contribution in [1.29, 1.82) is 0 Å². The van der Waals surface area contributed by atoms with Crippen LogP contribution in [0.5, 0.6) is 0 Å². The first-order valence-corrected chi connectivity index (χ1v) is 12.9. The molecular formula is C25H28N2O4S2. The molecule has 3 aromatic heterocycles.